The lowest BCUT2D eigenvalue weighted by Crippen LogP contribution is -2.00. The predicted molar refractivity (Wildman–Crippen MR) is 62.9 cm³/mol. The van der Waals surface area contributed by atoms with Crippen molar-refractivity contribution in [2.45, 2.75) is 40.0 Å². The van der Waals surface area contributed by atoms with Crippen LogP contribution in [-0.4, -0.2) is 16.2 Å². The molecule has 0 aromatic heterocycles. The van der Waals surface area contributed by atoms with Gasteiger partial charge in [0.05, 0.1) is 0 Å². The molecule has 1 rings (SSSR count). The Morgan fingerprint density at radius 1 is 1.25 bits per heavy atom. The summed E-state index contributed by atoms with van der Waals surface area (Å²) in [6.45, 7) is 5.80. The molecular weight excluding hydrogens is 204 g/mol. The standard InChI is InChI=1S/C13H18O3/c1-8-7-12(14)10(3)9(2)11(8)5-4-6-13(15)16/h7,14H,4-6H2,1-3H3,(H,15,16). The minimum atomic E-state index is -0.759. The second kappa shape index (κ2) is 5.01. The minimum Gasteiger partial charge on any atom is -0.508 e. The van der Waals surface area contributed by atoms with Gasteiger partial charge in [0.1, 0.15) is 5.75 Å². The largest absolute Gasteiger partial charge is 0.508 e. The number of hydrogen-bond donors (Lipinski definition) is 2. The Hall–Kier alpha value is -1.51. The van der Waals surface area contributed by atoms with Crippen LogP contribution in [0, 0.1) is 20.8 Å². The molecule has 0 aliphatic rings. The molecule has 3 heteroatoms. The van der Waals surface area contributed by atoms with Crippen LogP contribution < -0.4 is 0 Å². The monoisotopic (exact) mass is 222 g/mol. The van der Waals surface area contributed by atoms with Crippen LogP contribution in [0.15, 0.2) is 6.07 Å². The lowest BCUT2D eigenvalue weighted by Gasteiger charge is -2.13. The van der Waals surface area contributed by atoms with Gasteiger partial charge in [-0.2, -0.15) is 0 Å². The number of phenolic OH excluding ortho intramolecular Hbond substituents is 1. The molecule has 0 atom stereocenters. The first kappa shape index (κ1) is 12.6. The lowest BCUT2D eigenvalue weighted by molar-refractivity contribution is -0.137. The van der Waals surface area contributed by atoms with Crippen LogP contribution in [0.4, 0.5) is 0 Å². The Morgan fingerprint density at radius 3 is 2.44 bits per heavy atom. The van der Waals surface area contributed by atoms with E-state index in [0.29, 0.717) is 12.2 Å². The van der Waals surface area contributed by atoms with Gasteiger partial charge in [-0.25, -0.2) is 0 Å². The van der Waals surface area contributed by atoms with Crippen LogP contribution >= 0.6 is 0 Å². The van der Waals surface area contributed by atoms with Gasteiger partial charge in [0.15, 0.2) is 0 Å². The smallest absolute Gasteiger partial charge is 0.303 e. The molecule has 0 spiro atoms. The van der Waals surface area contributed by atoms with Crippen molar-refractivity contribution < 1.29 is 15.0 Å². The van der Waals surface area contributed by atoms with Gasteiger partial charge in [0.25, 0.3) is 0 Å². The van der Waals surface area contributed by atoms with Crippen molar-refractivity contribution in [2.75, 3.05) is 0 Å². The Balaban J connectivity index is 2.87. The Bertz CT molecular complexity index is 408. The van der Waals surface area contributed by atoms with Crippen molar-refractivity contribution in [3.8, 4) is 5.75 Å². The molecule has 3 nitrogen and oxygen atoms in total. The van der Waals surface area contributed by atoms with E-state index in [4.69, 9.17) is 5.11 Å². The molecule has 16 heavy (non-hydrogen) atoms. The summed E-state index contributed by atoms with van der Waals surface area (Å²) in [4.78, 5) is 10.4. The number of phenols is 1. The third-order valence-electron chi connectivity index (χ3n) is 3.05. The maximum absolute atomic E-state index is 10.4. The van der Waals surface area contributed by atoms with Gasteiger partial charge >= 0.3 is 5.97 Å². The second-order valence-electron chi connectivity index (χ2n) is 4.19. The van der Waals surface area contributed by atoms with Crippen molar-refractivity contribution in [2.24, 2.45) is 0 Å². The molecule has 0 heterocycles. The molecule has 88 valence electrons. The summed E-state index contributed by atoms with van der Waals surface area (Å²) in [5, 5.41) is 18.2. The van der Waals surface area contributed by atoms with Gasteiger partial charge in [-0.15, -0.1) is 0 Å². The average Bonchev–Trinajstić information content (AvgIpc) is 2.19. The predicted octanol–water partition coefficient (Wildman–Crippen LogP) is 2.72. The molecule has 0 aliphatic carbocycles. The summed E-state index contributed by atoms with van der Waals surface area (Å²) < 4.78 is 0. The summed E-state index contributed by atoms with van der Waals surface area (Å²) in [5.74, 6) is -0.442. The van der Waals surface area contributed by atoms with E-state index in [1.807, 2.05) is 20.8 Å². The molecule has 0 unspecified atom stereocenters. The fraction of sp³-hybridized carbons (Fsp3) is 0.462. The normalized spacial score (nSPS) is 10.4. The maximum Gasteiger partial charge on any atom is 0.303 e. The molecule has 0 saturated carbocycles. The van der Waals surface area contributed by atoms with Gasteiger partial charge in [0.2, 0.25) is 0 Å². The molecule has 1 aromatic rings. The van der Waals surface area contributed by atoms with E-state index < -0.39 is 5.97 Å². The molecule has 0 amide bonds. The molecule has 0 bridgehead atoms. The zero-order chi connectivity index (χ0) is 12.3. The molecule has 0 radical (unpaired) electrons. The molecule has 1 aromatic carbocycles. The topological polar surface area (TPSA) is 57.5 Å². The summed E-state index contributed by atoms with van der Waals surface area (Å²) in [5.41, 5.74) is 4.15. The molecule has 0 saturated heterocycles. The number of benzene rings is 1. The number of carboxylic acid groups (broad SMARTS) is 1. The number of hydrogen-bond acceptors (Lipinski definition) is 2. The maximum atomic E-state index is 10.4. The van der Waals surface area contributed by atoms with Crippen molar-refractivity contribution in [1.82, 2.24) is 0 Å². The number of aromatic hydroxyl groups is 1. The SMILES string of the molecule is Cc1cc(O)c(C)c(C)c1CCCC(=O)O. The molecular formula is C13H18O3. The van der Waals surface area contributed by atoms with E-state index in [1.54, 1.807) is 6.07 Å². The van der Waals surface area contributed by atoms with Gasteiger partial charge < -0.3 is 10.2 Å². The first-order valence-corrected chi connectivity index (χ1v) is 5.44. The average molecular weight is 222 g/mol. The second-order valence-corrected chi connectivity index (χ2v) is 4.19. The Kier molecular flexibility index (Phi) is 3.93. The highest BCUT2D eigenvalue weighted by atomic mass is 16.4. The summed E-state index contributed by atoms with van der Waals surface area (Å²) in [7, 11) is 0. The van der Waals surface area contributed by atoms with E-state index >= 15 is 0 Å². The van der Waals surface area contributed by atoms with E-state index in [1.165, 1.54) is 0 Å². The van der Waals surface area contributed by atoms with Crippen molar-refractivity contribution in [1.29, 1.82) is 0 Å². The number of rotatable bonds is 4. The minimum absolute atomic E-state index is 0.193. The zero-order valence-electron chi connectivity index (χ0n) is 10.0. The van der Waals surface area contributed by atoms with Crippen LogP contribution in [0.25, 0.3) is 0 Å². The highest BCUT2D eigenvalue weighted by Crippen LogP contribution is 2.27. The zero-order valence-corrected chi connectivity index (χ0v) is 10.0. The van der Waals surface area contributed by atoms with Gasteiger partial charge in [-0.05, 0) is 61.9 Å². The first-order valence-electron chi connectivity index (χ1n) is 5.44. The summed E-state index contributed by atoms with van der Waals surface area (Å²) in [6.07, 6.45) is 1.59. The number of aryl methyl sites for hydroxylation is 1. The lowest BCUT2D eigenvalue weighted by atomic mass is 9.94. The Morgan fingerprint density at radius 2 is 1.88 bits per heavy atom. The quantitative estimate of drug-likeness (QED) is 0.823. The van der Waals surface area contributed by atoms with E-state index in [0.717, 1.165) is 28.7 Å². The highest BCUT2D eigenvalue weighted by molar-refractivity contribution is 5.66. The first-order chi connectivity index (χ1) is 7.43. The van der Waals surface area contributed by atoms with Crippen LogP contribution in [0.1, 0.15) is 35.1 Å². The van der Waals surface area contributed by atoms with Crippen LogP contribution in [0.5, 0.6) is 5.75 Å². The molecule has 0 aliphatic heterocycles. The summed E-state index contributed by atoms with van der Waals surface area (Å²) in [6, 6.07) is 1.75. The number of carbonyl (C=O) groups is 1. The van der Waals surface area contributed by atoms with Gasteiger partial charge in [-0.1, -0.05) is 0 Å². The fourth-order valence-corrected chi connectivity index (χ4v) is 1.92. The molecule has 2 N–H and O–H groups in total. The number of aliphatic carboxylic acids is 1. The van der Waals surface area contributed by atoms with E-state index in [2.05, 4.69) is 0 Å². The van der Waals surface area contributed by atoms with E-state index in [-0.39, 0.29) is 6.42 Å². The van der Waals surface area contributed by atoms with Crippen molar-refractivity contribution >= 4 is 5.97 Å². The summed E-state index contributed by atoms with van der Waals surface area (Å²) >= 11 is 0. The van der Waals surface area contributed by atoms with E-state index in [9.17, 15) is 9.90 Å². The highest BCUT2D eigenvalue weighted by Gasteiger charge is 2.09. The van der Waals surface area contributed by atoms with Crippen LogP contribution in [-0.2, 0) is 11.2 Å². The van der Waals surface area contributed by atoms with Crippen LogP contribution in [0.2, 0.25) is 0 Å². The van der Waals surface area contributed by atoms with Crippen LogP contribution in [0.3, 0.4) is 0 Å². The number of carboxylic acids is 1. The Labute approximate surface area is 95.7 Å². The van der Waals surface area contributed by atoms with Crippen molar-refractivity contribution in [3.63, 3.8) is 0 Å². The van der Waals surface area contributed by atoms with Crippen molar-refractivity contribution in [3.05, 3.63) is 28.3 Å². The van der Waals surface area contributed by atoms with Gasteiger partial charge in [0, 0.05) is 6.42 Å². The third-order valence-corrected chi connectivity index (χ3v) is 3.05. The molecule has 0 fully saturated rings. The van der Waals surface area contributed by atoms with Gasteiger partial charge in [-0.3, -0.25) is 4.79 Å². The fourth-order valence-electron chi connectivity index (χ4n) is 1.92. The third kappa shape index (κ3) is 2.75.